The maximum absolute atomic E-state index is 12.1. The number of phenols is 1. The molecule has 1 N–H and O–H groups in total. The molecular formula is C20H27NO6. The number of hydrogen-bond acceptors (Lipinski definition) is 6. The molecule has 3 rings (SSSR count). The molecule has 1 aromatic carbocycles. The fourth-order valence-electron chi connectivity index (χ4n) is 4.48. The third-order valence-electron chi connectivity index (χ3n) is 6.13. The summed E-state index contributed by atoms with van der Waals surface area (Å²) in [5.74, 6) is 1.10. The molecule has 0 aromatic heterocycles. The molecule has 1 aliphatic carbocycles. The molecule has 0 radical (unpaired) electrons. The Bertz CT molecular complexity index is 770. The van der Waals surface area contributed by atoms with E-state index in [-0.39, 0.29) is 30.0 Å². The van der Waals surface area contributed by atoms with Crippen molar-refractivity contribution in [2.45, 2.75) is 70.3 Å². The van der Waals surface area contributed by atoms with E-state index in [4.69, 9.17) is 4.74 Å². The van der Waals surface area contributed by atoms with Crippen LogP contribution < -0.4 is 4.74 Å². The van der Waals surface area contributed by atoms with Crippen LogP contribution in [-0.2, 0) is 15.0 Å². The topological polar surface area (TPSA) is 98.9 Å². The number of carbonyl (C=O) groups excluding carboxylic acids is 1. The van der Waals surface area contributed by atoms with Gasteiger partial charge >= 0.3 is 0 Å². The SMILES string of the molecule is CC(C)(CCO[N+](=O)[O-])c1cc(O)c2c(c1)OC(C)(C)[C@@H]1CCC(=O)C[C@@H]21. The molecule has 7 heteroatoms. The minimum Gasteiger partial charge on any atom is -0.508 e. The molecule has 0 amide bonds. The highest BCUT2D eigenvalue weighted by molar-refractivity contribution is 5.81. The first-order valence-electron chi connectivity index (χ1n) is 9.36. The van der Waals surface area contributed by atoms with E-state index in [1.165, 1.54) is 0 Å². The Morgan fingerprint density at radius 3 is 2.78 bits per heavy atom. The number of Topliss-reactive ketones (excluding diaryl/α,β-unsaturated/α-hetero) is 1. The van der Waals surface area contributed by atoms with Gasteiger partial charge in [0.15, 0.2) is 0 Å². The van der Waals surface area contributed by atoms with Gasteiger partial charge in [-0.2, -0.15) is 0 Å². The highest BCUT2D eigenvalue weighted by atomic mass is 16.9. The molecule has 0 spiro atoms. The Kier molecular flexibility index (Phi) is 4.82. The molecule has 1 heterocycles. The lowest BCUT2D eigenvalue weighted by Crippen LogP contribution is -2.47. The van der Waals surface area contributed by atoms with Gasteiger partial charge in [0.1, 0.15) is 22.9 Å². The van der Waals surface area contributed by atoms with Crippen molar-refractivity contribution in [3.05, 3.63) is 33.4 Å². The Morgan fingerprint density at radius 2 is 2.11 bits per heavy atom. The van der Waals surface area contributed by atoms with Crippen LogP contribution in [0.3, 0.4) is 0 Å². The number of rotatable bonds is 5. The van der Waals surface area contributed by atoms with Crippen molar-refractivity contribution in [1.82, 2.24) is 0 Å². The lowest BCUT2D eigenvalue weighted by atomic mass is 9.66. The molecule has 1 fully saturated rings. The van der Waals surface area contributed by atoms with Gasteiger partial charge in [-0.25, -0.2) is 0 Å². The zero-order valence-corrected chi connectivity index (χ0v) is 16.3. The number of fused-ring (bicyclic) bond motifs is 3. The first kappa shape index (κ1) is 19.5. The lowest BCUT2D eigenvalue weighted by Gasteiger charge is -2.47. The number of phenolic OH excluding ortho intramolecular Hbond substituents is 1. The van der Waals surface area contributed by atoms with Gasteiger partial charge in [0.2, 0.25) is 0 Å². The van der Waals surface area contributed by atoms with Crippen LogP contribution in [0.15, 0.2) is 12.1 Å². The highest BCUT2D eigenvalue weighted by Crippen LogP contribution is 2.54. The Labute approximate surface area is 158 Å². The third kappa shape index (κ3) is 3.73. The van der Waals surface area contributed by atoms with E-state index in [1.54, 1.807) is 6.07 Å². The van der Waals surface area contributed by atoms with Crippen LogP contribution in [0.1, 0.15) is 70.4 Å². The minimum absolute atomic E-state index is 0.0244. The summed E-state index contributed by atoms with van der Waals surface area (Å²) in [6.07, 6.45) is 2.17. The van der Waals surface area contributed by atoms with Crippen LogP contribution >= 0.6 is 0 Å². The van der Waals surface area contributed by atoms with Gasteiger partial charge in [0.05, 0.1) is 6.61 Å². The van der Waals surface area contributed by atoms with E-state index in [2.05, 4.69) is 4.84 Å². The fraction of sp³-hybridized carbons (Fsp3) is 0.650. The Balaban J connectivity index is 1.96. The number of benzene rings is 1. The van der Waals surface area contributed by atoms with Crippen molar-refractivity contribution in [3.8, 4) is 11.5 Å². The Hall–Kier alpha value is -2.31. The molecule has 0 unspecified atom stereocenters. The summed E-state index contributed by atoms with van der Waals surface area (Å²) < 4.78 is 6.27. The van der Waals surface area contributed by atoms with E-state index in [0.29, 0.717) is 30.6 Å². The maximum Gasteiger partial charge on any atom is 0.294 e. The molecule has 148 valence electrons. The average Bonchev–Trinajstić information content (AvgIpc) is 2.52. The molecule has 2 aliphatic rings. The van der Waals surface area contributed by atoms with Crippen molar-refractivity contribution >= 4 is 5.78 Å². The summed E-state index contributed by atoms with van der Waals surface area (Å²) in [4.78, 5) is 26.9. The van der Waals surface area contributed by atoms with Crippen LogP contribution in [0.2, 0.25) is 0 Å². The van der Waals surface area contributed by atoms with Crippen molar-refractivity contribution < 1.29 is 24.6 Å². The largest absolute Gasteiger partial charge is 0.508 e. The number of ether oxygens (including phenoxy) is 1. The first-order valence-corrected chi connectivity index (χ1v) is 9.36. The average molecular weight is 377 g/mol. The molecule has 1 aromatic rings. The molecule has 1 aliphatic heterocycles. The van der Waals surface area contributed by atoms with E-state index in [0.717, 1.165) is 12.0 Å². The number of nitrogens with zero attached hydrogens (tertiary/aromatic N) is 1. The summed E-state index contributed by atoms with van der Waals surface area (Å²) in [7, 11) is 0. The monoisotopic (exact) mass is 377 g/mol. The fourth-order valence-corrected chi connectivity index (χ4v) is 4.48. The summed E-state index contributed by atoms with van der Waals surface area (Å²) in [5.41, 5.74) is 0.660. The molecule has 0 saturated heterocycles. The number of aromatic hydroxyl groups is 1. The molecule has 27 heavy (non-hydrogen) atoms. The van der Waals surface area contributed by atoms with Crippen molar-refractivity contribution in [2.24, 2.45) is 5.92 Å². The predicted molar refractivity (Wildman–Crippen MR) is 98.5 cm³/mol. The van der Waals surface area contributed by atoms with Crippen LogP contribution in [0.25, 0.3) is 0 Å². The standard InChI is InChI=1S/C20H27NO6/c1-19(2,7-8-26-21(24)25)12-9-16(23)18-14-11-13(22)5-6-15(14)20(3,4)27-17(18)10-12/h9-10,14-15,23H,5-8,11H2,1-4H3/t14-,15-/m1/s1. The predicted octanol–water partition coefficient (Wildman–Crippen LogP) is 3.89. The Morgan fingerprint density at radius 1 is 1.41 bits per heavy atom. The van der Waals surface area contributed by atoms with Crippen LogP contribution in [0.5, 0.6) is 11.5 Å². The first-order chi connectivity index (χ1) is 12.5. The van der Waals surface area contributed by atoms with Gasteiger partial charge in [-0.3, -0.25) is 4.79 Å². The molecule has 1 saturated carbocycles. The molecular weight excluding hydrogens is 350 g/mol. The summed E-state index contributed by atoms with van der Waals surface area (Å²) >= 11 is 0. The number of ketones is 1. The third-order valence-corrected chi connectivity index (χ3v) is 6.13. The second-order valence-electron chi connectivity index (χ2n) is 8.80. The van der Waals surface area contributed by atoms with Crippen LogP contribution in [-0.4, -0.2) is 28.2 Å². The van der Waals surface area contributed by atoms with E-state index >= 15 is 0 Å². The zero-order valence-electron chi connectivity index (χ0n) is 16.3. The van der Waals surface area contributed by atoms with Crippen molar-refractivity contribution in [1.29, 1.82) is 0 Å². The normalized spacial score (nSPS) is 23.8. The quantitative estimate of drug-likeness (QED) is 0.617. The number of hydrogen-bond donors (Lipinski definition) is 1. The molecule has 0 bridgehead atoms. The van der Waals surface area contributed by atoms with E-state index in [9.17, 15) is 20.0 Å². The smallest absolute Gasteiger partial charge is 0.294 e. The summed E-state index contributed by atoms with van der Waals surface area (Å²) in [5, 5.41) is 20.4. The van der Waals surface area contributed by atoms with E-state index < -0.39 is 16.1 Å². The maximum atomic E-state index is 12.1. The lowest BCUT2D eigenvalue weighted by molar-refractivity contribution is -0.758. The van der Waals surface area contributed by atoms with Crippen molar-refractivity contribution in [2.75, 3.05) is 6.61 Å². The van der Waals surface area contributed by atoms with Crippen LogP contribution in [0, 0.1) is 16.0 Å². The molecule has 2 atom stereocenters. The zero-order chi connectivity index (χ0) is 20.0. The van der Waals surface area contributed by atoms with Gasteiger partial charge in [0.25, 0.3) is 5.09 Å². The van der Waals surface area contributed by atoms with Gasteiger partial charge in [0, 0.05) is 30.2 Å². The minimum atomic E-state index is -0.799. The van der Waals surface area contributed by atoms with E-state index in [1.807, 2.05) is 33.8 Å². The number of carbonyl (C=O) groups is 1. The summed E-state index contributed by atoms with van der Waals surface area (Å²) in [6.45, 7) is 7.92. The second kappa shape index (κ2) is 6.69. The van der Waals surface area contributed by atoms with Gasteiger partial charge in [-0.15, -0.1) is 10.1 Å². The molecule has 7 nitrogen and oxygen atoms in total. The highest BCUT2D eigenvalue weighted by Gasteiger charge is 2.47. The van der Waals surface area contributed by atoms with Crippen molar-refractivity contribution in [3.63, 3.8) is 0 Å². The van der Waals surface area contributed by atoms with Crippen LogP contribution in [0.4, 0.5) is 0 Å². The van der Waals surface area contributed by atoms with Gasteiger partial charge < -0.3 is 14.7 Å². The second-order valence-corrected chi connectivity index (χ2v) is 8.80. The summed E-state index contributed by atoms with van der Waals surface area (Å²) in [6, 6.07) is 3.60. The van der Waals surface area contributed by atoms with Gasteiger partial charge in [-0.05, 0) is 49.8 Å². The van der Waals surface area contributed by atoms with Gasteiger partial charge in [-0.1, -0.05) is 13.8 Å².